The number of ether oxygens (including phenoxy) is 1. The third-order valence-electron chi connectivity index (χ3n) is 3.25. The van der Waals surface area contributed by atoms with Crippen molar-refractivity contribution < 1.29 is 19.2 Å². The second-order valence-corrected chi connectivity index (χ2v) is 4.80. The lowest BCUT2D eigenvalue weighted by molar-refractivity contribution is -0.146. The number of benzene rings is 1. The van der Waals surface area contributed by atoms with Gasteiger partial charge in [-0.3, -0.25) is 4.84 Å². The molecule has 0 saturated carbocycles. The Hall–Kier alpha value is -2.08. The highest BCUT2D eigenvalue weighted by atomic mass is 16.7. The molecule has 0 fully saturated rings. The molecule has 0 spiro atoms. The molecule has 0 aliphatic heterocycles. The highest BCUT2D eigenvalue weighted by Gasteiger charge is 2.28. The van der Waals surface area contributed by atoms with Gasteiger partial charge in [0.1, 0.15) is 6.04 Å². The minimum Gasteiger partial charge on any atom is -0.467 e. The van der Waals surface area contributed by atoms with Crippen LogP contribution in [0.15, 0.2) is 30.3 Å². The molecule has 122 valence electrons. The molecular weight excluding hydrogens is 284 g/mol. The van der Waals surface area contributed by atoms with Crippen LogP contribution in [-0.2, 0) is 21.0 Å². The van der Waals surface area contributed by atoms with Crippen molar-refractivity contribution in [1.82, 2.24) is 10.4 Å². The first-order valence-corrected chi connectivity index (χ1v) is 7.44. The van der Waals surface area contributed by atoms with Gasteiger partial charge >= 0.3 is 12.0 Å². The third-order valence-corrected chi connectivity index (χ3v) is 3.25. The molecule has 1 aromatic carbocycles. The van der Waals surface area contributed by atoms with Crippen molar-refractivity contribution in [2.75, 3.05) is 13.7 Å². The van der Waals surface area contributed by atoms with Crippen LogP contribution < -0.4 is 5.48 Å². The zero-order valence-corrected chi connectivity index (χ0v) is 13.4. The molecule has 0 radical (unpaired) electrons. The lowest BCUT2D eigenvalue weighted by Gasteiger charge is -2.28. The number of amides is 2. The van der Waals surface area contributed by atoms with E-state index in [0.29, 0.717) is 13.0 Å². The van der Waals surface area contributed by atoms with Crippen LogP contribution in [0.3, 0.4) is 0 Å². The molecule has 1 aromatic rings. The first-order valence-electron chi connectivity index (χ1n) is 7.44. The van der Waals surface area contributed by atoms with Gasteiger partial charge in [0.25, 0.3) is 0 Å². The molecule has 6 nitrogen and oxygen atoms in total. The molecule has 6 heteroatoms. The van der Waals surface area contributed by atoms with E-state index < -0.39 is 18.0 Å². The molecule has 22 heavy (non-hydrogen) atoms. The van der Waals surface area contributed by atoms with E-state index in [1.807, 2.05) is 44.2 Å². The summed E-state index contributed by atoms with van der Waals surface area (Å²) in [5.41, 5.74) is 3.33. The van der Waals surface area contributed by atoms with Gasteiger partial charge in [-0.05, 0) is 18.9 Å². The monoisotopic (exact) mass is 308 g/mol. The van der Waals surface area contributed by atoms with Gasteiger partial charge in [-0.25, -0.2) is 15.1 Å². The normalized spacial score (nSPS) is 11.6. The minimum atomic E-state index is -0.597. The molecule has 1 rings (SSSR count). The molecule has 1 N–H and O–H groups in total. The Morgan fingerprint density at radius 2 is 1.91 bits per heavy atom. The van der Waals surface area contributed by atoms with Crippen molar-refractivity contribution in [3.63, 3.8) is 0 Å². The number of carbonyl (C=O) groups excluding carboxylic acids is 2. The van der Waals surface area contributed by atoms with Gasteiger partial charge in [0.15, 0.2) is 0 Å². The maximum absolute atomic E-state index is 12.2. The SMILES string of the molecule is CCC[C@@H](C(=O)OC)N(CC)C(=O)NOCc1ccccc1. The van der Waals surface area contributed by atoms with Gasteiger partial charge in [0.2, 0.25) is 0 Å². The van der Waals surface area contributed by atoms with Crippen molar-refractivity contribution in [3.05, 3.63) is 35.9 Å². The molecule has 0 aliphatic carbocycles. The van der Waals surface area contributed by atoms with Crippen LogP contribution in [-0.4, -0.2) is 36.6 Å². The molecule has 0 heterocycles. The minimum absolute atomic E-state index is 0.265. The average Bonchev–Trinajstić information content (AvgIpc) is 2.55. The highest BCUT2D eigenvalue weighted by Crippen LogP contribution is 2.10. The molecule has 0 unspecified atom stereocenters. The van der Waals surface area contributed by atoms with Gasteiger partial charge in [0, 0.05) is 6.54 Å². The fraction of sp³-hybridized carbons (Fsp3) is 0.500. The van der Waals surface area contributed by atoms with E-state index in [1.165, 1.54) is 12.0 Å². The zero-order chi connectivity index (χ0) is 16.4. The van der Waals surface area contributed by atoms with Crippen LogP contribution in [0.1, 0.15) is 32.3 Å². The third kappa shape index (κ3) is 5.37. The second kappa shape index (κ2) is 9.78. The van der Waals surface area contributed by atoms with E-state index in [4.69, 9.17) is 9.57 Å². The van der Waals surface area contributed by atoms with Crippen LogP contribution in [0.4, 0.5) is 4.79 Å². The zero-order valence-electron chi connectivity index (χ0n) is 13.4. The Balaban J connectivity index is 2.57. The number of urea groups is 1. The van der Waals surface area contributed by atoms with Crippen molar-refractivity contribution in [3.8, 4) is 0 Å². The summed E-state index contributed by atoms with van der Waals surface area (Å²) < 4.78 is 4.77. The van der Waals surface area contributed by atoms with E-state index in [-0.39, 0.29) is 6.61 Å². The van der Waals surface area contributed by atoms with Crippen LogP contribution in [0, 0.1) is 0 Å². The summed E-state index contributed by atoms with van der Waals surface area (Å²) in [5, 5.41) is 0. The maximum atomic E-state index is 12.2. The van der Waals surface area contributed by atoms with Crippen molar-refractivity contribution in [1.29, 1.82) is 0 Å². The summed E-state index contributed by atoms with van der Waals surface area (Å²) in [6, 6.07) is 8.46. The molecule has 2 amide bonds. The molecule has 0 saturated heterocycles. The van der Waals surface area contributed by atoms with E-state index in [1.54, 1.807) is 0 Å². The lowest BCUT2D eigenvalue weighted by atomic mass is 10.1. The fourth-order valence-electron chi connectivity index (χ4n) is 2.13. The van der Waals surface area contributed by atoms with Crippen molar-refractivity contribution in [2.24, 2.45) is 0 Å². The Bertz CT molecular complexity index is 464. The molecule has 0 bridgehead atoms. The van der Waals surface area contributed by atoms with E-state index in [0.717, 1.165) is 12.0 Å². The Morgan fingerprint density at radius 3 is 2.45 bits per heavy atom. The number of nitrogens with one attached hydrogen (secondary N) is 1. The Morgan fingerprint density at radius 1 is 1.23 bits per heavy atom. The quantitative estimate of drug-likeness (QED) is 0.592. The van der Waals surface area contributed by atoms with Crippen molar-refractivity contribution in [2.45, 2.75) is 39.3 Å². The number of methoxy groups -OCH3 is 1. The predicted octanol–water partition coefficient (Wildman–Crippen LogP) is 2.49. The van der Waals surface area contributed by atoms with Gasteiger partial charge in [0.05, 0.1) is 13.7 Å². The molecule has 1 atom stereocenters. The van der Waals surface area contributed by atoms with Crippen LogP contribution in [0.5, 0.6) is 0 Å². The first kappa shape index (κ1) is 18.0. The topological polar surface area (TPSA) is 67.9 Å². The predicted molar refractivity (Wildman–Crippen MR) is 82.9 cm³/mol. The van der Waals surface area contributed by atoms with E-state index >= 15 is 0 Å². The second-order valence-electron chi connectivity index (χ2n) is 4.80. The maximum Gasteiger partial charge on any atom is 0.342 e. The number of rotatable bonds is 8. The summed E-state index contributed by atoms with van der Waals surface area (Å²) in [4.78, 5) is 30.6. The average molecular weight is 308 g/mol. The molecular formula is C16H24N2O4. The van der Waals surface area contributed by atoms with E-state index in [9.17, 15) is 9.59 Å². The number of hydroxylamine groups is 1. The number of likely N-dealkylation sites (N-methyl/N-ethyl adjacent to an activating group) is 1. The standard InChI is InChI=1S/C16H24N2O4/c1-4-9-14(15(19)21-3)18(5-2)16(20)17-22-12-13-10-7-6-8-11-13/h6-8,10-11,14H,4-5,9,12H2,1-3H3,(H,17,20)/t14-/m0/s1. The van der Waals surface area contributed by atoms with E-state index in [2.05, 4.69) is 5.48 Å². The van der Waals surface area contributed by atoms with Gasteiger partial charge in [-0.15, -0.1) is 0 Å². The summed E-state index contributed by atoms with van der Waals surface area (Å²) in [6.45, 7) is 4.41. The number of carbonyl (C=O) groups is 2. The number of hydrogen-bond donors (Lipinski definition) is 1. The van der Waals surface area contributed by atoms with Crippen LogP contribution in [0.2, 0.25) is 0 Å². The molecule has 0 aliphatic rings. The first-order chi connectivity index (χ1) is 10.6. The lowest BCUT2D eigenvalue weighted by Crippen LogP contribution is -2.49. The largest absolute Gasteiger partial charge is 0.467 e. The highest BCUT2D eigenvalue weighted by molar-refractivity contribution is 5.83. The van der Waals surface area contributed by atoms with Gasteiger partial charge in [-0.2, -0.15) is 0 Å². The van der Waals surface area contributed by atoms with Gasteiger partial charge < -0.3 is 9.64 Å². The number of esters is 1. The van der Waals surface area contributed by atoms with Crippen molar-refractivity contribution >= 4 is 12.0 Å². The van der Waals surface area contributed by atoms with Crippen LogP contribution in [0.25, 0.3) is 0 Å². The summed E-state index contributed by atoms with van der Waals surface area (Å²) >= 11 is 0. The summed E-state index contributed by atoms with van der Waals surface area (Å²) in [5.74, 6) is -0.415. The Labute approximate surface area is 131 Å². The fourth-order valence-corrected chi connectivity index (χ4v) is 2.13. The number of nitrogens with zero attached hydrogens (tertiary/aromatic N) is 1. The summed E-state index contributed by atoms with van der Waals surface area (Å²) in [6.07, 6.45) is 1.32. The molecule has 0 aromatic heterocycles. The smallest absolute Gasteiger partial charge is 0.342 e. The summed E-state index contributed by atoms with van der Waals surface area (Å²) in [7, 11) is 1.32. The number of hydrogen-bond acceptors (Lipinski definition) is 4. The Kier molecular flexibility index (Phi) is 7.99. The van der Waals surface area contributed by atoms with Gasteiger partial charge in [-0.1, -0.05) is 43.7 Å². The van der Waals surface area contributed by atoms with Crippen LogP contribution >= 0.6 is 0 Å².